The van der Waals surface area contributed by atoms with Gasteiger partial charge in [0.2, 0.25) is 15.9 Å². The van der Waals surface area contributed by atoms with Crippen molar-refractivity contribution in [3.8, 4) is 11.6 Å². The van der Waals surface area contributed by atoms with Crippen LogP contribution in [0.3, 0.4) is 0 Å². The fraction of sp³-hybridized carbons (Fsp3) is 0.261. The Bertz CT molecular complexity index is 1400. The maximum Gasteiger partial charge on any atom is 0.315 e. The fourth-order valence-electron chi connectivity index (χ4n) is 4.58. The number of aliphatic carboxylic acids is 1. The highest BCUT2D eigenvalue weighted by Crippen LogP contribution is 2.45. The highest BCUT2D eigenvalue weighted by molar-refractivity contribution is 7.89. The molecule has 0 radical (unpaired) electrons. The number of benzene rings is 1. The number of aromatic nitrogens is 3. The van der Waals surface area contributed by atoms with Gasteiger partial charge < -0.3 is 9.84 Å². The van der Waals surface area contributed by atoms with Crippen LogP contribution in [0, 0.1) is 11.2 Å². The second kappa shape index (κ2) is 8.03. The third-order valence-electron chi connectivity index (χ3n) is 6.42. The van der Waals surface area contributed by atoms with Gasteiger partial charge in [0.25, 0.3) is 0 Å². The summed E-state index contributed by atoms with van der Waals surface area (Å²) >= 11 is 0. The Morgan fingerprint density at radius 3 is 2.59 bits per heavy atom. The Labute approximate surface area is 195 Å². The van der Waals surface area contributed by atoms with Crippen LogP contribution in [0.4, 0.5) is 4.39 Å². The zero-order chi connectivity index (χ0) is 24.1. The molecule has 9 nitrogen and oxygen atoms in total. The lowest BCUT2D eigenvalue weighted by Gasteiger charge is -2.43. The van der Waals surface area contributed by atoms with E-state index in [2.05, 4.69) is 10.1 Å². The fourth-order valence-corrected chi connectivity index (χ4v) is 6.03. The summed E-state index contributed by atoms with van der Waals surface area (Å²) in [5.74, 6) is -1.18. The predicted molar refractivity (Wildman–Crippen MR) is 119 cm³/mol. The monoisotopic (exact) mass is 484 g/mol. The van der Waals surface area contributed by atoms with Crippen molar-refractivity contribution in [3.05, 3.63) is 71.4 Å². The number of halogens is 1. The van der Waals surface area contributed by atoms with Crippen LogP contribution < -0.4 is 4.74 Å². The summed E-state index contributed by atoms with van der Waals surface area (Å²) in [6.07, 6.45) is 4.92. The zero-order valence-electron chi connectivity index (χ0n) is 18.2. The van der Waals surface area contributed by atoms with Crippen molar-refractivity contribution in [1.29, 1.82) is 0 Å². The third kappa shape index (κ3) is 3.48. The molecular weight excluding hydrogens is 463 g/mol. The average Bonchev–Trinajstić information content (AvgIpc) is 3.24. The van der Waals surface area contributed by atoms with Crippen LogP contribution in [0.15, 0.2) is 59.3 Å². The van der Waals surface area contributed by atoms with E-state index in [0.29, 0.717) is 22.5 Å². The number of hydrogen-bond donors (Lipinski definition) is 1. The van der Waals surface area contributed by atoms with Gasteiger partial charge in [0.15, 0.2) is 0 Å². The van der Waals surface area contributed by atoms with Crippen molar-refractivity contribution in [2.75, 3.05) is 20.2 Å². The van der Waals surface area contributed by atoms with E-state index in [4.69, 9.17) is 4.74 Å². The quantitative estimate of drug-likeness (QED) is 0.592. The Kier molecular flexibility index (Phi) is 5.25. The maximum atomic E-state index is 13.4. The summed E-state index contributed by atoms with van der Waals surface area (Å²) in [7, 11) is -2.53. The van der Waals surface area contributed by atoms with Gasteiger partial charge in [-0.1, -0.05) is 0 Å². The van der Waals surface area contributed by atoms with Gasteiger partial charge in [0.1, 0.15) is 16.1 Å². The summed E-state index contributed by atoms with van der Waals surface area (Å²) in [6.45, 7) is -0.0705. The standard InChI is InChI=1S/C23H21FN4O5S/c1-33-21-7-6-19(13-25-21)34(31,32)27-9-8-16-10-20-15(11-23(16,14-27)22(29)30)12-26-28(20)18-4-2-17(24)3-5-18/h2-7,10,12-13H,8-9,11,14H2,1H3,(H,29,30)/t23-/m0/s1. The minimum absolute atomic E-state index is 0.0260. The smallest absolute Gasteiger partial charge is 0.315 e. The number of piperidine rings is 1. The highest BCUT2D eigenvalue weighted by atomic mass is 32.2. The zero-order valence-corrected chi connectivity index (χ0v) is 19.0. The van der Waals surface area contributed by atoms with Gasteiger partial charge in [-0.2, -0.15) is 9.40 Å². The van der Waals surface area contributed by atoms with Crippen molar-refractivity contribution in [2.45, 2.75) is 17.7 Å². The summed E-state index contributed by atoms with van der Waals surface area (Å²) < 4.78 is 47.7. The lowest BCUT2D eigenvalue weighted by atomic mass is 9.69. The van der Waals surface area contributed by atoms with Crippen LogP contribution >= 0.6 is 0 Å². The molecular formula is C23H21FN4O5S. The van der Waals surface area contributed by atoms with Gasteiger partial charge in [-0.05, 0) is 60.4 Å². The van der Waals surface area contributed by atoms with Crippen molar-refractivity contribution < 1.29 is 27.4 Å². The van der Waals surface area contributed by atoms with E-state index in [9.17, 15) is 22.7 Å². The number of carboxylic acids is 1. The number of hydrogen-bond acceptors (Lipinski definition) is 6. The van der Waals surface area contributed by atoms with E-state index in [1.54, 1.807) is 29.1 Å². The summed E-state index contributed by atoms with van der Waals surface area (Å²) in [6, 6.07) is 8.70. The van der Waals surface area contributed by atoms with Crippen LogP contribution in [-0.4, -0.2) is 58.8 Å². The van der Waals surface area contributed by atoms with E-state index < -0.39 is 21.4 Å². The Morgan fingerprint density at radius 1 is 1.18 bits per heavy atom. The molecule has 0 amide bonds. The van der Waals surface area contributed by atoms with Crippen LogP contribution in [0.25, 0.3) is 11.8 Å². The molecule has 5 rings (SSSR count). The Hall–Kier alpha value is -3.57. The number of pyridine rings is 1. The van der Waals surface area contributed by atoms with Gasteiger partial charge in [-0.15, -0.1) is 0 Å². The first kappa shape index (κ1) is 22.2. The minimum atomic E-state index is -3.96. The molecule has 176 valence electrons. The second-order valence-corrected chi connectivity index (χ2v) is 10.2. The molecule has 1 atom stereocenters. The van der Waals surface area contributed by atoms with Gasteiger partial charge in [-0.25, -0.2) is 22.5 Å². The molecule has 1 fully saturated rings. The molecule has 2 aliphatic rings. The van der Waals surface area contributed by atoms with E-state index in [0.717, 1.165) is 0 Å². The number of ether oxygens (including phenoxy) is 1. The molecule has 1 saturated heterocycles. The maximum absolute atomic E-state index is 13.4. The largest absolute Gasteiger partial charge is 0.481 e. The molecule has 0 saturated carbocycles. The molecule has 2 aromatic heterocycles. The summed E-state index contributed by atoms with van der Waals surface area (Å²) in [4.78, 5) is 16.5. The first-order valence-corrected chi connectivity index (χ1v) is 12.0. The van der Waals surface area contributed by atoms with Crippen LogP contribution in [0.2, 0.25) is 0 Å². The number of sulfonamides is 1. The SMILES string of the molecule is COc1ccc(S(=O)(=O)N2CCC3=Cc4c(cnn4-c4ccc(F)cc4)C[C@]3(C(=O)O)C2)cn1. The van der Waals surface area contributed by atoms with Gasteiger partial charge in [0.05, 0.1) is 30.9 Å². The van der Waals surface area contributed by atoms with E-state index in [1.807, 2.05) is 0 Å². The van der Waals surface area contributed by atoms with Crippen molar-refractivity contribution in [3.63, 3.8) is 0 Å². The molecule has 0 bridgehead atoms. The topological polar surface area (TPSA) is 115 Å². The molecule has 3 heterocycles. The third-order valence-corrected chi connectivity index (χ3v) is 8.25. The molecule has 3 aromatic rings. The van der Waals surface area contributed by atoms with Crippen molar-refractivity contribution in [2.24, 2.45) is 5.41 Å². The Balaban J connectivity index is 1.51. The predicted octanol–water partition coefficient (Wildman–Crippen LogP) is 2.52. The van der Waals surface area contributed by atoms with Gasteiger partial charge >= 0.3 is 5.97 Å². The van der Waals surface area contributed by atoms with Crippen molar-refractivity contribution in [1.82, 2.24) is 19.1 Å². The Morgan fingerprint density at radius 2 is 1.94 bits per heavy atom. The van der Waals surface area contributed by atoms with Crippen LogP contribution in [-0.2, 0) is 21.2 Å². The number of rotatable bonds is 5. The van der Waals surface area contributed by atoms with E-state index >= 15 is 0 Å². The van der Waals surface area contributed by atoms with Crippen molar-refractivity contribution >= 4 is 22.1 Å². The molecule has 11 heteroatoms. The number of methoxy groups -OCH3 is 1. The number of nitrogens with zero attached hydrogens (tertiary/aromatic N) is 4. The average molecular weight is 485 g/mol. The second-order valence-electron chi connectivity index (χ2n) is 8.30. The first-order valence-electron chi connectivity index (χ1n) is 10.5. The number of fused-ring (bicyclic) bond motifs is 2. The van der Waals surface area contributed by atoms with Crippen LogP contribution in [0.5, 0.6) is 5.88 Å². The van der Waals surface area contributed by atoms with Gasteiger partial charge in [-0.3, -0.25) is 4.79 Å². The molecule has 1 aromatic carbocycles. The summed E-state index contributed by atoms with van der Waals surface area (Å²) in [5.41, 5.74) is 1.27. The molecule has 0 unspecified atom stereocenters. The number of carbonyl (C=O) groups is 1. The number of carboxylic acid groups (broad SMARTS) is 1. The van der Waals surface area contributed by atoms with E-state index in [1.165, 1.54) is 41.9 Å². The highest BCUT2D eigenvalue weighted by Gasteiger charge is 2.51. The molecule has 1 aliphatic heterocycles. The molecule has 1 aliphatic carbocycles. The molecule has 1 N–H and O–H groups in total. The lowest BCUT2D eigenvalue weighted by molar-refractivity contribution is -0.147. The first-order chi connectivity index (χ1) is 16.2. The normalized spacial score (nSPS) is 20.2. The van der Waals surface area contributed by atoms with Crippen LogP contribution in [0.1, 0.15) is 17.7 Å². The minimum Gasteiger partial charge on any atom is -0.481 e. The lowest BCUT2D eigenvalue weighted by Crippen LogP contribution is -2.53. The molecule has 0 spiro atoms. The summed E-state index contributed by atoms with van der Waals surface area (Å²) in [5, 5.41) is 14.6. The molecule has 34 heavy (non-hydrogen) atoms. The van der Waals surface area contributed by atoms with E-state index in [-0.39, 0.29) is 42.5 Å². The van der Waals surface area contributed by atoms with Gasteiger partial charge in [0, 0.05) is 19.2 Å².